The van der Waals surface area contributed by atoms with Crippen LogP contribution in [0.1, 0.15) is 37.2 Å². The second-order valence-electron chi connectivity index (χ2n) is 8.07. The van der Waals surface area contributed by atoms with Crippen LogP contribution < -0.4 is 20.9 Å². The number of nitrogens with two attached hydrogens (primary N) is 2. The average Bonchev–Trinajstić information content (AvgIpc) is 2.93. The number of aromatic nitrogens is 2. The molecule has 0 unspecified atom stereocenters. The molecule has 0 aliphatic rings. The molecule has 4 aromatic rings. The number of benzene rings is 2. The molecule has 1 radical (unpaired) electrons. The molecule has 0 fully saturated rings. The molecule has 16 heteroatoms. The number of hydrogen-bond acceptors (Lipinski definition) is 8. The molecule has 0 amide bonds. The summed E-state index contributed by atoms with van der Waals surface area (Å²) in [5, 5.41) is 0.542. The molecule has 0 saturated carbocycles. The van der Waals surface area contributed by atoms with Gasteiger partial charge in [0.2, 0.25) is 0 Å². The Kier molecular flexibility index (Phi) is 14.6. The Labute approximate surface area is 276 Å². The summed E-state index contributed by atoms with van der Waals surface area (Å²) in [6, 6.07) is 10.3. The summed E-state index contributed by atoms with van der Waals surface area (Å²) in [5.41, 5.74) is 12.2. The Balaban J connectivity index is 0.000000269. The van der Waals surface area contributed by atoms with Crippen molar-refractivity contribution < 1.29 is 18.3 Å². The molecule has 2 aromatic carbocycles. The van der Waals surface area contributed by atoms with Gasteiger partial charge in [0.1, 0.15) is 23.8 Å². The molecule has 221 valence electrons. The van der Waals surface area contributed by atoms with Crippen molar-refractivity contribution in [1.82, 2.24) is 9.97 Å². The zero-order valence-corrected chi connectivity index (χ0v) is 27.3. The van der Waals surface area contributed by atoms with Gasteiger partial charge in [0, 0.05) is 38.0 Å². The van der Waals surface area contributed by atoms with Crippen LogP contribution in [0, 0.1) is 11.6 Å². The Morgan fingerprint density at radius 1 is 0.857 bits per heavy atom. The summed E-state index contributed by atoms with van der Waals surface area (Å²) in [5.74, 6) is 0.133. The summed E-state index contributed by atoms with van der Waals surface area (Å²) in [6.07, 6.45) is 1.97. The first kappa shape index (κ1) is 35.8. The molecule has 2 atom stereocenters. The Bertz CT molecular complexity index is 1550. The second kappa shape index (κ2) is 17.1. The van der Waals surface area contributed by atoms with Crippen LogP contribution >= 0.6 is 75.1 Å². The van der Waals surface area contributed by atoms with Crippen LogP contribution in [0.3, 0.4) is 0 Å². The van der Waals surface area contributed by atoms with Gasteiger partial charge in [-0.15, -0.1) is 0 Å². The van der Waals surface area contributed by atoms with E-state index in [1.54, 1.807) is 44.4 Å². The van der Waals surface area contributed by atoms with E-state index in [0.717, 1.165) is 0 Å². The normalized spacial score (nSPS) is 11.6. The van der Waals surface area contributed by atoms with Crippen LogP contribution in [0.2, 0.25) is 20.1 Å². The molecule has 4 rings (SSSR count). The fourth-order valence-electron chi connectivity index (χ4n) is 3.36. The van der Waals surface area contributed by atoms with E-state index in [0.29, 0.717) is 37.1 Å². The molecule has 2 aromatic heterocycles. The van der Waals surface area contributed by atoms with Crippen molar-refractivity contribution in [1.29, 1.82) is 0 Å². The van der Waals surface area contributed by atoms with Gasteiger partial charge in [-0.3, -0.25) is 0 Å². The summed E-state index contributed by atoms with van der Waals surface area (Å²) in [6.45, 7) is 3.41. The van der Waals surface area contributed by atoms with Gasteiger partial charge in [0.15, 0.2) is 23.1 Å². The van der Waals surface area contributed by atoms with Crippen molar-refractivity contribution >= 4 is 94.4 Å². The SMILES string of the molecule is C[C@H](Oc1cc(Br)cnc1N)c1c(Cl)ccc(F)c1Cl.C[C@H](Oc1cccnc1N)c1c(Cl)ccc(F)c1Cl.[B]=NS. The second-order valence-corrected chi connectivity index (χ2v) is 10.8. The quantitative estimate of drug-likeness (QED) is 0.103. The van der Waals surface area contributed by atoms with Crippen molar-refractivity contribution in [3.63, 3.8) is 0 Å². The van der Waals surface area contributed by atoms with Crippen molar-refractivity contribution in [2.24, 2.45) is 4.30 Å². The maximum absolute atomic E-state index is 13.5. The van der Waals surface area contributed by atoms with Gasteiger partial charge >= 0.3 is 24.8 Å². The van der Waals surface area contributed by atoms with Gasteiger partial charge in [0.25, 0.3) is 0 Å². The summed E-state index contributed by atoms with van der Waals surface area (Å²) in [7, 11) is 4.34. The molecule has 0 bridgehead atoms. The number of nitrogen functional groups attached to an aromatic ring is 2. The predicted molar refractivity (Wildman–Crippen MR) is 173 cm³/mol. The summed E-state index contributed by atoms with van der Waals surface area (Å²) < 4.78 is 41.7. The van der Waals surface area contributed by atoms with Crippen molar-refractivity contribution in [3.8, 4) is 11.5 Å². The molecular weight excluding hydrogens is 717 g/mol. The van der Waals surface area contributed by atoms with Crippen LogP contribution in [-0.2, 0) is 0 Å². The molecule has 0 spiro atoms. The summed E-state index contributed by atoms with van der Waals surface area (Å²) >= 11 is 30.4. The Morgan fingerprint density at radius 2 is 1.31 bits per heavy atom. The van der Waals surface area contributed by atoms with E-state index in [1.165, 1.54) is 24.3 Å². The van der Waals surface area contributed by atoms with E-state index >= 15 is 0 Å². The van der Waals surface area contributed by atoms with Gasteiger partial charge in [-0.2, -0.15) is 0 Å². The minimum absolute atomic E-state index is 0.0533. The first-order chi connectivity index (χ1) is 19.8. The number of nitrogens with zero attached hydrogens (tertiary/aromatic N) is 3. The molecule has 0 aliphatic carbocycles. The fraction of sp³-hybridized carbons (Fsp3) is 0.154. The molecule has 4 N–H and O–H groups in total. The van der Waals surface area contributed by atoms with Crippen LogP contribution in [-0.4, -0.2) is 17.6 Å². The van der Waals surface area contributed by atoms with Crippen LogP contribution in [0.5, 0.6) is 11.5 Å². The van der Waals surface area contributed by atoms with E-state index in [4.69, 9.17) is 67.3 Å². The third kappa shape index (κ3) is 9.85. The number of pyridine rings is 2. The molecule has 0 saturated heterocycles. The van der Waals surface area contributed by atoms with Crippen molar-refractivity contribution in [2.45, 2.75) is 26.1 Å². The molecule has 0 aliphatic heterocycles. The van der Waals surface area contributed by atoms with E-state index in [1.807, 2.05) is 0 Å². The van der Waals surface area contributed by atoms with Gasteiger partial charge < -0.3 is 20.9 Å². The Hall–Kier alpha value is -2.35. The number of rotatable bonds is 6. The van der Waals surface area contributed by atoms with E-state index < -0.39 is 23.8 Å². The topological polar surface area (TPSA) is 109 Å². The van der Waals surface area contributed by atoms with Gasteiger partial charge in [-0.25, -0.2) is 18.7 Å². The first-order valence-electron chi connectivity index (χ1n) is 11.6. The van der Waals surface area contributed by atoms with Crippen LogP contribution in [0.15, 0.2) is 63.6 Å². The van der Waals surface area contributed by atoms with Gasteiger partial charge in [-0.1, -0.05) is 46.4 Å². The summed E-state index contributed by atoms with van der Waals surface area (Å²) in [4.78, 5) is 7.85. The zero-order valence-electron chi connectivity index (χ0n) is 21.8. The number of hydrogen-bond donors (Lipinski definition) is 3. The van der Waals surface area contributed by atoms with Gasteiger partial charge in [0.05, 0.1) is 10.0 Å². The third-order valence-corrected chi connectivity index (χ3v) is 7.09. The first-order valence-corrected chi connectivity index (χ1v) is 14.3. The average molecular weight is 739 g/mol. The standard InChI is InChI=1S/C13H10BrCl2FN2O.C13H11Cl2FN2O.BHNS/c1-6(11-8(15)2-3-9(17)12(11)16)20-10-4-7(14)5-19-13(10)18;1-7(19-10-3-2-6-18-13(10)17)11-8(14)4-5-9(16)12(11)15;1-2-3/h2-6H,1H3,(H2,18,19);2-7H,1H3,(H2,17,18);3H/t6-;7-;/m00./s1. The number of thiol groups is 1. The van der Waals surface area contributed by atoms with Crippen molar-refractivity contribution in [3.05, 3.63) is 102 Å². The van der Waals surface area contributed by atoms with E-state index in [2.05, 4.69) is 50.7 Å². The third-order valence-electron chi connectivity index (χ3n) is 5.23. The Morgan fingerprint density at radius 3 is 1.79 bits per heavy atom. The van der Waals surface area contributed by atoms with Crippen LogP contribution in [0.25, 0.3) is 0 Å². The van der Waals surface area contributed by atoms with E-state index in [9.17, 15) is 8.78 Å². The minimum atomic E-state index is -0.580. The number of halogens is 7. The van der Waals surface area contributed by atoms with Crippen molar-refractivity contribution in [2.75, 3.05) is 11.5 Å². The van der Waals surface area contributed by atoms with Gasteiger partial charge in [-0.05, 0) is 72.2 Å². The number of anilines is 2. The number of ether oxygens (including phenoxy) is 2. The monoisotopic (exact) mass is 736 g/mol. The molecule has 7 nitrogen and oxygen atoms in total. The predicted octanol–water partition coefficient (Wildman–Crippen LogP) is 9.45. The van der Waals surface area contributed by atoms with Crippen LogP contribution in [0.4, 0.5) is 20.4 Å². The molecule has 42 heavy (non-hydrogen) atoms. The molecule has 2 heterocycles. The zero-order chi connectivity index (χ0) is 31.6. The van der Waals surface area contributed by atoms with E-state index in [-0.39, 0.29) is 21.7 Å². The maximum atomic E-state index is 13.5. The fourth-order valence-corrected chi connectivity index (χ4v) is 5.02. The molecular formula is C26H22BBrCl4F2N5O2S.